The molecule has 1 saturated carbocycles. The highest BCUT2D eigenvalue weighted by atomic mass is 19.4. The van der Waals surface area contributed by atoms with Crippen molar-refractivity contribution in [2.45, 2.75) is 69.3 Å². The van der Waals surface area contributed by atoms with Crippen molar-refractivity contribution >= 4 is 11.9 Å². The fourth-order valence-electron chi connectivity index (χ4n) is 5.11. The molecule has 1 aromatic rings. The van der Waals surface area contributed by atoms with Crippen LogP contribution in [0.4, 0.5) is 19.1 Å². The molecule has 2 fully saturated rings. The van der Waals surface area contributed by atoms with E-state index >= 15 is 0 Å². The van der Waals surface area contributed by atoms with Gasteiger partial charge >= 0.3 is 6.18 Å². The molecule has 1 N–H and O–H groups in total. The number of aromatic nitrogens is 3. The van der Waals surface area contributed by atoms with E-state index < -0.39 is 12.2 Å². The van der Waals surface area contributed by atoms with Crippen molar-refractivity contribution in [2.24, 2.45) is 11.8 Å². The van der Waals surface area contributed by atoms with Crippen LogP contribution in [0.5, 0.6) is 0 Å². The lowest BCUT2D eigenvalue weighted by atomic mass is 9.83. The molecule has 1 aliphatic carbocycles. The minimum Gasteiger partial charge on any atom is -0.381 e. The number of hydrogen-bond acceptors (Lipinski definition) is 5. The van der Waals surface area contributed by atoms with Crippen LogP contribution in [0, 0.1) is 11.8 Å². The molecule has 29 heavy (non-hydrogen) atoms. The number of hydrogen-bond donors (Lipinski definition) is 1. The van der Waals surface area contributed by atoms with E-state index in [-0.39, 0.29) is 42.3 Å². The van der Waals surface area contributed by atoms with Gasteiger partial charge in [0.2, 0.25) is 11.9 Å². The number of anilines is 1. The Balaban J connectivity index is 1.44. The van der Waals surface area contributed by atoms with Gasteiger partial charge in [0.1, 0.15) is 6.33 Å². The molecular formula is C19H28F3N5O2. The fourth-order valence-corrected chi connectivity index (χ4v) is 5.11. The van der Waals surface area contributed by atoms with Crippen LogP contribution in [0.15, 0.2) is 6.33 Å². The lowest BCUT2D eigenvalue weighted by molar-refractivity contribution is -0.175. The van der Waals surface area contributed by atoms with Crippen LogP contribution in [0.25, 0.3) is 0 Å². The van der Waals surface area contributed by atoms with E-state index in [9.17, 15) is 18.0 Å². The van der Waals surface area contributed by atoms with Crippen LogP contribution in [-0.4, -0.2) is 64.1 Å². The Labute approximate surface area is 168 Å². The van der Waals surface area contributed by atoms with E-state index in [2.05, 4.69) is 15.4 Å². The van der Waals surface area contributed by atoms with Crippen molar-refractivity contribution in [2.75, 3.05) is 25.5 Å². The van der Waals surface area contributed by atoms with Gasteiger partial charge in [0.25, 0.3) is 0 Å². The topological polar surface area (TPSA) is 72.3 Å². The van der Waals surface area contributed by atoms with Crippen LogP contribution >= 0.6 is 0 Å². The van der Waals surface area contributed by atoms with Crippen LogP contribution in [-0.2, 0) is 9.53 Å². The summed E-state index contributed by atoms with van der Waals surface area (Å²) >= 11 is 0. The van der Waals surface area contributed by atoms with Gasteiger partial charge in [-0.15, -0.1) is 0 Å². The highest BCUT2D eigenvalue weighted by molar-refractivity contribution is 5.79. The Bertz CT molecular complexity index is 725. The van der Waals surface area contributed by atoms with Crippen LogP contribution < -0.4 is 5.32 Å². The van der Waals surface area contributed by atoms with Crippen molar-refractivity contribution in [1.29, 1.82) is 0 Å². The zero-order valence-corrected chi connectivity index (χ0v) is 16.6. The van der Waals surface area contributed by atoms with E-state index in [1.165, 1.54) is 0 Å². The summed E-state index contributed by atoms with van der Waals surface area (Å²) in [6, 6.07) is -2.06. The molecule has 0 spiro atoms. The average molecular weight is 415 g/mol. The van der Waals surface area contributed by atoms with Gasteiger partial charge in [-0.1, -0.05) is 6.42 Å². The van der Waals surface area contributed by atoms with Crippen molar-refractivity contribution in [1.82, 2.24) is 19.7 Å². The molecule has 3 unspecified atom stereocenters. The monoisotopic (exact) mass is 415 g/mol. The summed E-state index contributed by atoms with van der Waals surface area (Å²) < 4.78 is 47.1. The van der Waals surface area contributed by atoms with Gasteiger partial charge in [-0.2, -0.15) is 23.3 Å². The molecule has 5 atom stereocenters. The van der Waals surface area contributed by atoms with Gasteiger partial charge in [0, 0.05) is 32.2 Å². The highest BCUT2D eigenvalue weighted by Crippen LogP contribution is 2.41. The minimum absolute atomic E-state index is 0.0372. The number of nitrogens with one attached hydrogen (secondary N) is 1. The van der Waals surface area contributed by atoms with Gasteiger partial charge in [-0.25, -0.2) is 4.68 Å². The van der Waals surface area contributed by atoms with E-state index in [4.69, 9.17) is 4.74 Å². The predicted molar refractivity (Wildman–Crippen MR) is 99.2 cm³/mol. The minimum atomic E-state index is -4.38. The lowest BCUT2D eigenvalue weighted by Gasteiger charge is -2.42. The zero-order chi connectivity index (χ0) is 20.6. The number of amides is 1. The Hall–Kier alpha value is -1.84. The van der Waals surface area contributed by atoms with E-state index in [1.54, 1.807) is 7.11 Å². The van der Waals surface area contributed by atoms with Gasteiger partial charge in [0.15, 0.2) is 6.04 Å². The predicted octanol–water partition coefficient (Wildman–Crippen LogP) is 3.01. The normalized spacial score (nSPS) is 33.1. The summed E-state index contributed by atoms with van der Waals surface area (Å²) in [7, 11) is 1.68. The molecule has 3 heterocycles. The fraction of sp³-hybridized carbons (Fsp3) is 0.842. The number of halogens is 3. The third-order valence-corrected chi connectivity index (χ3v) is 6.69. The number of rotatable bonds is 3. The second-order valence-corrected chi connectivity index (χ2v) is 8.48. The third-order valence-electron chi connectivity index (χ3n) is 6.69. The molecule has 1 aromatic heterocycles. The van der Waals surface area contributed by atoms with Crippen molar-refractivity contribution < 1.29 is 22.7 Å². The number of carbonyl (C=O) groups is 1. The molecule has 4 rings (SSSR count). The largest absolute Gasteiger partial charge is 0.411 e. The first kappa shape index (κ1) is 20.4. The average Bonchev–Trinajstić information content (AvgIpc) is 3.20. The van der Waals surface area contributed by atoms with Crippen molar-refractivity contribution in [3.8, 4) is 0 Å². The molecule has 3 aliphatic rings. The van der Waals surface area contributed by atoms with E-state index in [0.717, 1.165) is 49.5 Å². The number of nitrogens with zero attached hydrogens (tertiary/aromatic N) is 4. The maximum Gasteiger partial charge on any atom is 0.411 e. The number of piperidine rings is 1. The number of likely N-dealkylation sites (tertiary alicyclic amines) is 1. The smallest absolute Gasteiger partial charge is 0.381 e. The summed E-state index contributed by atoms with van der Waals surface area (Å²) in [5, 5.41) is 6.89. The Kier molecular flexibility index (Phi) is 5.72. The van der Waals surface area contributed by atoms with Gasteiger partial charge in [-0.3, -0.25) is 4.79 Å². The number of fused-ring (bicyclic) bond motifs is 1. The quantitative estimate of drug-likeness (QED) is 0.822. The van der Waals surface area contributed by atoms with Gasteiger partial charge in [-0.05, 0) is 44.4 Å². The Morgan fingerprint density at radius 3 is 2.83 bits per heavy atom. The SMILES string of the molecule is COC1CCCC(C(=O)N2CCCC([C@@H]3C[C@H](C(F)(F)F)n4ncnc4N3)C2)C1. The standard InChI is InChI=1S/C19H28F3N5O2/c1-29-14-6-2-4-12(8-14)17(28)26-7-3-5-13(10-26)15-9-16(19(20,21)22)27-18(25-15)23-11-24-27/h11-16H,2-10H2,1H3,(H,23,24,25)/t12?,13?,14?,15-,16+/m0/s1. The lowest BCUT2D eigenvalue weighted by Crippen LogP contribution is -2.50. The summed E-state index contributed by atoms with van der Waals surface area (Å²) in [4.78, 5) is 18.9. The maximum atomic E-state index is 13.6. The molecule has 7 nitrogen and oxygen atoms in total. The number of carbonyl (C=O) groups excluding carboxylic acids is 1. The maximum absolute atomic E-state index is 13.6. The second-order valence-electron chi connectivity index (χ2n) is 8.48. The Morgan fingerprint density at radius 1 is 1.24 bits per heavy atom. The highest BCUT2D eigenvalue weighted by Gasteiger charge is 2.48. The molecule has 10 heteroatoms. The zero-order valence-electron chi connectivity index (χ0n) is 16.6. The van der Waals surface area contributed by atoms with Crippen LogP contribution in [0.1, 0.15) is 51.0 Å². The van der Waals surface area contributed by atoms with E-state index in [1.807, 2.05) is 4.90 Å². The molecule has 2 aliphatic heterocycles. The van der Waals surface area contributed by atoms with Gasteiger partial charge < -0.3 is 15.0 Å². The summed E-state index contributed by atoms with van der Waals surface area (Å²) in [5.74, 6) is 0.202. The van der Waals surface area contributed by atoms with Gasteiger partial charge in [0.05, 0.1) is 6.10 Å². The molecule has 0 radical (unpaired) electrons. The first-order valence-electron chi connectivity index (χ1n) is 10.4. The number of alkyl halides is 3. The number of methoxy groups -OCH3 is 1. The first-order valence-corrected chi connectivity index (χ1v) is 10.4. The molecule has 162 valence electrons. The third kappa shape index (κ3) is 4.22. The Morgan fingerprint density at radius 2 is 2.07 bits per heavy atom. The van der Waals surface area contributed by atoms with Crippen molar-refractivity contribution in [3.05, 3.63) is 6.33 Å². The summed E-state index contributed by atoms with van der Waals surface area (Å²) in [5.41, 5.74) is 0. The second kappa shape index (κ2) is 8.12. The summed E-state index contributed by atoms with van der Waals surface area (Å²) in [6.07, 6.45) is 1.94. The van der Waals surface area contributed by atoms with Crippen LogP contribution in [0.3, 0.4) is 0 Å². The van der Waals surface area contributed by atoms with E-state index in [0.29, 0.717) is 13.1 Å². The summed E-state index contributed by atoms with van der Waals surface area (Å²) in [6.45, 7) is 1.17. The molecule has 1 saturated heterocycles. The first-order chi connectivity index (χ1) is 13.9. The van der Waals surface area contributed by atoms with Crippen LogP contribution in [0.2, 0.25) is 0 Å². The molecule has 0 bridgehead atoms. The molecule has 0 aromatic carbocycles. The number of ether oxygens (including phenoxy) is 1. The molecule has 1 amide bonds. The van der Waals surface area contributed by atoms with Crippen molar-refractivity contribution in [3.63, 3.8) is 0 Å². The molecular weight excluding hydrogens is 387 g/mol.